The smallest absolute Gasteiger partial charge is 0.170 e. The number of nitrogens with one attached hydrogen (secondary N) is 1. The lowest BCUT2D eigenvalue weighted by Crippen LogP contribution is -2.47. The van der Waals surface area contributed by atoms with Gasteiger partial charge in [0, 0.05) is 62.0 Å². The summed E-state index contributed by atoms with van der Waals surface area (Å²) in [6.45, 7) is 12.6. The third kappa shape index (κ3) is 5.71. The first kappa shape index (κ1) is 27.2. The van der Waals surface area contributed by atoms with Gasteiger partial charge in [0.1, 0.15) is 12.2 Å². The van der Waals surface area contributed by atoms with Crippen LogP contribution >= 0.6 is 24.2 Å². The van der Waals surface area contributed by atoms with Crippen LogP contribution in [0.3, 0.4) is 0 Å². The number of halogens is 1. The van der Waals surface area contributed by atoms with Crippen LogP contribution in [0.25, 0.3) is 16.9 Å². The first-order valence-corrected chi connectivity index (χ1v) is 14.0. The van der Waals surface area contributed by atoms with Crippen molar-refractivity contribution >= 4 is 46.8 Å². The molecule has 0 bridgehead atoms. The molecule has 37 heavy (non-hydrogen) atoms. The number of aryl methyl sites for hydroxylation is 2. The number of hydrogen-bond donors (Lipinski definition) is 1. The minimum atomic E-state index is 0. The predicted molar refractivity (Wildman–Crippen MR) is 158 cm³/mol. The number of piperazine rings is 1. The van der Waals surface area contributed by atoms with E-state index in [0.29, 0.717) is 0 Å². The van der Waals surface area contributed by atoms with E-state index in [0.717, 1.165) is 74.2 Å². The van der Waals surface area contributed by atoms with Gasteiger partial charge in [0.05, 0.1) is 0 Å². The second-order valence-electron chi connectivity index (χ2n) is 9.28. The van der Waals surface area contributed by atoms with Crippen LogP contribution in [0.2, 0.25) is 0 Å². The van der Waals surface area contributed by atoms with Crippen molar-refractivity contribution in [1.29, 1.82) is 0 Å². The SMILES string of the molecule is CCc1nc2c(NCCN3CCN(c4cccc(C)c4C)CC3)ncnc2n1-c1ccc(SC)cc1.Cl. The average Bonchev–Trinajstić information content (AvgIpc) is 3.30. The Balaban J connectivity index is 0.00000320. The Kier molecular flexibility index (Phi) is 8.95. The van der Waals surface area contributed by atoms with E-state index in [1.54, 1.807) is 18.1 Å². The Hall–Kier alpha value is -2.81. The maximum Gasteiger partial charge on any atom is 0.170 e. The van der Waals surface area contributed by atoms with Crippen molar-refractivity contribution in [2.45, 2.75) is 32.1 Å². The van der Waals surface area contributed by atoms with Crippen LogP contribution in [0, 0.1) is 13.8 Å². The fourth-order valence-electron chi connectivity index (χ4n) is 4.93. The number of imidazole rings is 1. The maximum atomic E-state index is 4.92. The molecule has 1 fully saturated rings. The van der Waals surface area contributed by atoms with Crippen molar-refractivity contribution < 1.29 is 0 Å². The van der Waals surface area contributed by atoms with E-state index in [-0.39, 0.29) is 12.4 Å². The molecule has 196 valence electrons. The molecule has 1 saturated heterocycles. The van der Waals surface area contributed by atoms with Gasteiger partial charge in [0.15, 0.2) is 17.0 Å². The van der Waals surface area contributed by atoms with Crippen molar-refractivity contribution in [2.24, 2.45) is 0 Å². The molecule has 0 radical (unpaired) electrons. The molecule has 1 aliphatic heterocycles. The highest BCUT2D eigenvalue weighted by Crippen LogP contribution is 2.26. The van der Waals surface area contributed by atoms with E-state index in [4.69, 9.17) is 4.98 Å². The molecule has 0 unspecified atom stereocenters. The minimum absolute atomic E-state index is 0. The van der Waals surface area contributed by atoms with Crippen molar-refractivity contribution in [1.82, 2.24) is 24.4 Å². The van der Waals surface area contributed by atoms with Gasteiger partial charge in [-0.05, 0) is 61.6 Å². The van der Waals surface area contributed by atoms with Crippen LogP contribution in [0.4, 0.5) is 11.5 Å². The Bertz CT molecular complexity index is 1330. The number of benzene rings is 2. The van der Waals surface area contributed by atoms with Gasteiger partial charge in [-0.1, -0.05) is 19.1 Å². The lowest BCUT2D eigenvalue weighted by atomic mass is 10.1. The molecule has 1 aliphatic rings. The van der Waals surface area contributed by atoms with E-state index >= 15 is 0 Å². The van der Waals surface area contributed by atoms with Gasteiger partial charge in [-0.25, -0.2) is 15.0 Å². The molecule has 5 rings (SSSR count). The standard InChI is InChI=1S/C28H35N7S.ClH/c1-5-25-32-26-27(30-19-31-28(26)35(25)22-9-11-23(36-4)12-10-22)29-13-14-33-15-17-34(18-16-33)24-8-6-7-20(2)21(24)3;/h6-12,19H,5,13-18H2,1-4H3,(H,29,30,31);1H. The number of thioether (sulfide) groups is 1. The summed E-state index contributed by atoms with van der Waals surface area (Å²) in [5.74, 6) is 1.80. The van der Waals surface area contributed by atoms with E-state index in [1.807, 2.05) is 0 Å². The minimum Gasteiger partial charge on any atom is -0.369 e. The van der Waals surface area contributed by atoms with Crippen LogP contribution in [-0.4, -0.2) is 69.9 Å². The van der Waals surface area contributed by atoms with Crippen LogP contribution in [0.15, 0.2) is 53.7 Å². The Morgan fingerprint density at radius 2 is 1.73 bits per heavy atom. The zero-order valence-corrected chi connectivity index (χ0v) is 23.7. The average molecular weight is 538 g/mol. The molecule has 4 aromatic rings. The van der Waals surface area contributed by atoms with Gasteiger partial charge in [0.2, 0.25) is 0 Å². The topological polar surface area (TPSA) is 62.1 Å². The Morgan fingerprint density at radius 1 is 0.973 bits per heavy atom. The van der Waals surface area contributed by atoms with Gasteiger partial charge in [0.25, 0.3) is 0 Å². The molecule has 0 amide bonds. The van der Waals surface area contributed by atoms with Crippen LogP contribution in [-0.2, 0) is 6.42 Å². The molecule has 3 heterocycles. The van der Waals surface area contributed by atoms with E-state index in [9.17, 15) is 0 Å². The highest BCUT2D eigenvalue weighted by Gasteiger charge is 2.20. The molecule has 9 heteroatoms. The zero-order chi connectivity index (χ0) is 25.1. The zero-order valence-electron chi connectivity index (χ0n) is 22.1. The summed E-state index contributed by atoms with van der Waals surface area (Å²) >= 11 is 1.74. The fraction of sp³-hybridized carbons (Fsp3) is 0.393. The van der Waals surface area contributed by atoms with Crippen molar-refractivity contribution in [3.05, 3.63) is 65.7 Å². The second kappa shape index (κ2) is 12.2. The molecule has 0 saturated carbocycles. The summed E-state index contributed by atoms with van der Waals surface area (Å²) in [4.78, 5) is 20.4. The van der Waals surface area contributed by atoms with Crippen molar-refractivity contribution in [3.8, 4) is 5.69 Å². The normalized spacial score (nSPS) is 14.1. The highest BCUT2D eigenvalue weighted by atomic mass is 35.5. The lowest BCUT2D eigenvalue weighted by molar-refractivity contribution is 0.267. The fourth-order valence-corrected chi connectivity index (χ4v) is 5.34. The molecule has 2 aromatic carbocycles. The second-order valence-corrected chi connectivity index (χ2v) is 10.2. The molecule has 0 spiro atoms. The van der Waals surface area contributed by atoms with Gasteiger partial charge in [-0.3, -0.25) is 9.47 Å². The number of hydrogen-bond acceptors (Lipinski definition) is 7. The van der Waals surface area contributed by atoms with Crippen molar-refractivity contribution in [2.75, 3.05) is 55.7 Å². The summed E-state index contributed by atoms with van der Waals surface area (Å²) in [5, 5.41) is 3.54. The summed E-state index contributed by atoms with van der Waals surface area (Å²) in [6, 6.07) is 15.2. The number of aromatic nitrogens is 4. The Labute approximate surface area is 230 Å². The van der Waals surface area contributed by atoms with Gasteiger partial charge < -0.3 is 10.2 Å². The number of rotatable bonds is 8. The third-order valence-corrected chi connectivity index (χ3v) is 7.91. The van der Waals surface area contributed by atoms with Crippen LogP contribution < -0.4 is 10.2 Å². The Morgan fingerprint density at radius 3 is 2.43 bits per heavy atom. The third-order valence-electron chi connectivity index (χ3n) is 7.17. The quantitative estimate of drug-likeness (QED) is 0.303. The van der Waals surface area contributed by atoms with E-state index < -0.39 is 0 Å². The lowest BCUT2D eigenvalue weighted by Gasteiger charge is -2.37. The van der Waals surface area contributed by atoms with Gasteiger partial charge >= 0.3 is 0 Å². The first-order chi connectivity index (χ1) is 17.6. The first-order valence-electron chi connectivity index (χ1n) is 12.7. The molecule has 2 aromatic heterocycles. The number of anilines is 2. The highest BCUT2D eigenvalue weighted by molar-refractivity contribution is 7.98. The molecular weight excluding hydrogens is 502 g/mol. The molecule has 7 nitrogen and oxygen atoms in total. The monoisotopic (exact) mass is 537 g/mol. The summed E-state index contributed by atoms with van der Waals surface area (Å²) < 4.78 is 2.15. The van der Waals surface area contributed by atoms with Crippen molar-refractivity contribution in [3.63, 3.8) is 0 Å². The summed E-state index contributed by atoms with van der Waals surface area (Å²) in [6.07, 6.45) is 4.56. The summed E-state index contributed by atoms with van der Waals surface area (Å²) in [7, 11) is 0. The van der Waals surface area contributed by atoms with E-state index in [1.165, 1.54) is 21.7 Å². The molecule has 0 atom stereocenters. The number of fused-ring (bicyclic) bond motifs is 1. The molecule has 1 N–H and O–H groups in total. The van der Waals surface area contributed by atoms with Gasteiger partial charge in [-0.2, -0.15) is 0 Å². The molecule has 0 aliphatic carbocycles. The summed E-state index contributed by atoms with van der Waals surface area (Å²) in [5.41, 5.74) is 6.90. The maximum absolute atomic E-state index is 4.92. The number of nitrogens with zero attached hydrogens (tertiary/aromatic N) is 6. The molecular formula is C28H36ClN7S. The van der Waals surface area contributed by atoms with E-state index in [2.05, 4.69) is 99.1 Å². The largest absolute Gasteiger partial charge is 0.369 e. The van der Waals surface area contributed by atoms with Crippen LogP contribution in [0.5, 0.6) is 0 Å². The predicted octanol–water partition coefficient (Wildman–Crippen LogP) is 5.37. The van der Waals surface area contributed by atoms with Crippen LogP contribution in [0.1, 0.15) is 23.9 Å². The van der Waals surface area contributed by atoms with Gasteiger partial charge in [-0.15, -0.1) is 24.2 Å².